The van der Waals surface area contributed by atoms with Crippen LogP contribution in [-0.2, 0) is 22.6 Å². The molecular weight excluding hydrogens is 575 g/mol. The highest BCUT2D eigenvalue weighted by Crippen LogP contribution is 2.44. The van der Waals surface area contributed by atoms with Crippen LogP contribution < -0.4 is 14.4 Å². The molecule has 0 spiro atoms. The van der Waals surface area contributed by atoms with E-state index in [1.807, 2.05) is 30.3 Å². The van der Waals surface area contributed by atoms with Crippen LogP contribution in [0.4, 0.5) is 10.1 Å². The Kier molecular flexibility index (Phi) is 7.58. The molecule has 0 aliphatic carbocycles. The number of carbonyl (C=O) groups is 1. The highest BCUT2D eigenvalue weighted by Gasteiger charge is 2.30. The van der Waals surface area contributed by atoms with Crippen LogP contribution >= 0.6 is 11.6 Å². The molecule has 3 aliphatic rings. The second-order valence-corrected chi connectivity index (χ2v) is 11.5. The molecule has 43 heavy (non-hydrogen) atoms. The van der Waals surface area contributed by atoms with Crippen molar-refractivity contribution in [1.82, 2.24) is 14.5 Å². The Morgan fingerprint density at radius 1 is 1.12 bits per heavy atom. The molecular formula is C32H32ClFN4O5. The van der Waals surface area contributed by atoms with Gasteiger partial charge in [-0.2, -0.15) is 0 Å². The van der Waals surface area contributed by atoms with Gasteiger partial charge in [0.15, 0.2) is 17.6 Å². The van der Waals surface area contributed by atoms with Crippen molar-refractivity contribution in [3.05, 3.63) is 82.4 Å². The van der Waals surface area contributed by atoms with Gasteiger partial charge < -0.3 is 28.4 Å². The number of fused-ring (bicyclic) bond motifs is 2. The summed E-state index contributed by atoms with van der Waals surface area (Å²) in [6, 6.07) is 16.0. The lowest BCUT2D eigenvalue weighted by molar-refractivity contribution is -0.0592. The number of halogens is 2. The first-order valence-corrected chi connectivity index (χ1v) is 14.9. The molecule has 9 nitrogen and oxygen atoms in total. The molecule has 7 rings (SSSR count). The van der Waals surface area contributed by atoms with Crippen molar-refractivity contribution < 1.29 is 28.1 Å². The summed E-state index contributed by atoms with van der Waals surface area (Å²) in [6.07, 6.45) is 0.582. The number of esters is 1. The van der Waals surface area contributed by atoms with E-state index < -0.39 is 11.9 Å². The number of hydrogen-bond donors (Lipinski definition) is 0. The maximum absolute atomic E-state index is 14.7. The number of ether oxygens (including phenoxy) is 4. The van der Waals surface area contributed by atoms with Crippen molar-refractivity contribution in [3.63, 3.8) is 0 Å². The molecule has 0 amide bonds. The molecule has 3 aromatic carbocycles. The number of methoxy groups -OCH3 is 1. The van der Waals surface area contributed by atoms with Gasteiger partial charge in [0, 0.05) is 43.4 Å². The Hall–Kier alpha value is -3.86. The molecule has 2 saturated heterocycles. The lowest BCUT2D eigenvalue weighted by Crippen LogP contribution is -2.46. The van der Waals surface area contributed by atoms with Crippen molar-refractivity contribution in [1.29, 1.82) is 0 Å². The van der Waals surface area contributed by atoms with Gasteiger partial charge in [-0.3, -0.25) is 4.90 Å². The summed E-state index contributed by atoms with van der Waals surface area (Å²) in [5.74, 6) is 1.46. The van der Waals surface area contributed by atoms with E-state index in [4.69, 9.17) is 35.5 Å². The molecule has 1 aromatic heterocycles. The van der Waals surface area contributed by atoms with E-state index in [1.165, 1.54) is 13.2 Å². The van der Waals surface area contributed by atoms with Gasteiger partial charge in [-0.15, -0.1) is 0 Å². The van der Waals surface area contributed by atoms with Crippen molar-refractivity contribution in [3.8, 4) is 11.5 Å². The topological polar surface area (TPSA) is 78.3 Å². The van der Waals surface area contributed by atoms with E-state index in [0.717, 1.165) is 61.8 Å². The third-order valence-electron chi connectivity index (χ3n) is 8.42. The molecule has 4 aromatic rings. The highest BCUT2D eigenvalue weighted by atomic mass is 35.5. The van der Waals surface area contributed by atoms with Crippen LogP contribution in [0.2, 0.25) is 5.02 Å². The van der Waals surface area contributed by atoms with Gasteiger partial charge >= 0.3 is 5.97 Å². The first kappa shape index (κ1) is 27.9. The monoisotopic (exact) mass is 606 g/mol. The summed E-state index contributed by atoms with van der Waals surface area (Å²) in [7, 11) is 1.39. The predicted octanol–water partition coefficient (Wildman–Crippen LogP) is 5.24. The third-order valence-corrected chi connectivity index (χ3v) is 8.66. The first-order chi connectivity index (χ1) is 21.0. The smallest absolute Gasteiger partial charge is 0.337 e. The zero-order valence-electron chi connectivity index (χ0n) is 23.8. The van der Waals surface area contributed by atoms with Gasteiger partial charge in [0.1, 0.15) is 18.2 Å². The summed E-state index contributed by atoms with van der Waals surface area (Å²) in [5.41, 5.74) is 3.61. The minimum Gasteiger partial charge on any atom is -0.485 e. The summed E-state index contributed by atoms with van der Waals surface area (Å²) in [5, 5.41) is 0.342. The van der Waals surface area contributed by atoms with Crippen molar-refractivity contribution in [2.24, 2.45) is 0 Å². The van der Waals surface area contributed by atoms with E-state index in [2.05, 4.69) is 14.4 Å². The fourth-order valence-corrected chi connectivity index (χ4v) is 6.12. The predicted molar refractivity (Wildman–Crippen MR) is 160 cm³/mol. The van der Waals surface area contributed by atoms with Crippen molar-refractivity contribution in [2.75, 3.05) is 51.4 Å². The van der Waals surface area contributed by atoms with Crippen LogP contribution in [0, 0.1) is 5.82 Å². The number of para-hydroxylation sites is 1. The highest BCUT2D eigenvalue weighted by molar-refractivity contribution is 6.30. The normalized spacial score (nSPS) is 20.2. The minimum atomic E-state index is -0.570. The number of imidazole rings is 1. The molecule has 0 bridgehead atoms. The zero-order valence-corrected chi connectivity index (χ0v) is 24.6. The molecule has 2 fully saturated rings. The van der Waals surface area contributed by atoms with Crippen LogP contribution in [-0.4, -0.2) is 73.0 Å². The number of hydrogen-bond acceptors (Lipinski definition) is 8. The van der Waals surface area contributed by atoms with Crippen LogP contribution in [0.1, 0.15) is 34.3 Å². The number of aromatic nitrogens is 2. The standard InChI is InChI=1S/C32H32ClFN4O5/c1-40-32(39)20-5-8-25-27(15-20)38(17-22-9-14-41-22)30(35-25)18-36-10-12-37(13-11-36)26-3-2-4-28-31(26)43-29(19-42-28)23-7-6-21(33)16-24(23)34/h2-8,15-16,22,29H,9-14,17-19H2,1H3/t22-,29+/m0/s1. The summed E-state index contributed by atoms with van der Waals surface area (Å²) < 4.78 is 39.9. The lowest BCUT2D eigenvalue weighted by atomic mass is 10.1. The van der Waals surface area contributed by atoms with Gasteiger partial charge in [0.25, 0.3) is 0 Å². The lowest BCUT2D eigenvalue weighted by Gasteiger charge is -2.38. The fourth-order valence-electron chi connectivity index (χ4n) is 5.96. The molecule has 0 saturated carbocycles. The summed E-state index contributed by atoms with van der Waals surface area (Å²) in [6.45, 7) is 5.54. The largest absolute Gasteiger partial charge is 0.485 e. The van der Waals surface area contributed by atoms with E-state index in [9.17, 15) is 9.18 Å². The molecule has 4 heterocycles. The van der Waals surface area contributed by atoms with E-state index in [0.29, 0.717) is 40.7 Å². The average molecular weight is 607 g/mol. The maximum atomic E-state index is 14.7. The quantitative estimate of drug-likeness (QED) is 0.265. The number of rotatable bonds is 7. The summed E-state index contributed by atoms with van der Waals surface area (Å²) >= 11 is 5.96. The number of piperazine rings is 1. The van der Waals surface area contributed by atoms with Gasteiger partial charge in [0.2, 0.25) is 0 Å². The van der Waals surface area contributed by atoms with Crippen molar-refractivity contribution in [2.45, 2.75) is 31.7 Å². The SMILES string of the molecule is COC(=O)c1ccc2nc(CN3CCN(c4cccc5c4O[C@@H](c4ccc(Cl)cc4F)CO5)CC3)n(C[C@@H]3CCO3)c2c1. The van der Waals surface area contributed by atoms with Crippen LogP contribution in [0.3, 0.4) is 0 Å². The van der Waals surface area contributed by atoms with Crippen LogP contribution in [0.15, 0.2) is 54.6 Å². The Morgan fingerprint density at radius 2 is 1.95 bits per heavy atom. The van der Waals surface area contributed by atoms with E-state index in [-0.39, 0.29) is 18.7 Å². The number of benzene rings is 3. The van der Waals surface area contributed by atoms with Crippen molar-refractivity contribution >= 4 is 34.3 Å². The average Bonchev–Trinajstić information content (AvgIpc) is 3.34. The Labute approximate surface area is 253 Å². The number of carbonyl (C=O) groups excluding carboxylic acids is 1. The molecule has 2 atom stereocenters. The zero-order chi connectivity index (χ0) is 29.5. The Balaban J connectivity index is 1.07. The maximum Gasteiger partial charge on any atom is 0.337 e. The molecule has 11 heteroatoms. The number of nitrogens with zero attached hydrogens (tertiary/aromatic N) is 4. The second kappa shape index (κ2) is 11.7. The van der Waals surface area contributed by atoms with Gasteiger partial charge in [0.05, 0.1) is 48.6 Å². The van der Waals surface area contributed by atoms with E-state index >= 15 is 0 Å². The van der Waals surface area contributed by atoms with Gasteiger partial charge in [-0.05, 0) is 48.9 Å². The minimum absolute atomic E-state index is 0.145. The summed E-state index contributed by atoms with van der Waals surface area (Å²) in [4.78, 5) is 21.8. The van der Waals surface area contributed by atoms with Crippen LogP contribution in [0.25, 0.3) is 11.0 Å². The number of anilines is 1. The second-order valence-electron chi connectivity index (χ2n) is 11.1. The molecule has 3 aliphatic heterocycles. The first-order valence-electron chi connectivity index (χ1n) is 14.5. The fraction of sp³-hybridized carbons (Fsp3) is 0.375. The Morgan fingerprint density at radius 3 is 2.70 bits per heavy atom. The molecule has 0 N–H and O–H groups in total. The van der Waals surface area contributed by atoms with Gasteiger partial charge in [-0.25, -0.2) is 14.2 Å². The van der Waals surface area contributed by atoms with E-state index in [1.54, 1.807) is 18.2 Å². The van der Waals surface area contributed by atoms with Crippen LogP contribution in [0.5, 0.6) is 11.5 Å². The molecule has 0 unspecified atom stereocenters. The van der Waals surface area contributed by atoms with Gasteiger partial charge in [-0.1, -0.05) is 23.7 Å². The third kappa shape index (κ3) is 5.50. The molecule has 0 radical (unpaired) electrons. The molecule has 224 valence electrons. The Bertz CT molecular complexity index is 1670.